The Kier molecular flexibility index (Phi) is 3.21. The summed E-state index contributed by atoms with van der Waals surface area (Å²) in [6.45, 7) is 0. The summed E-state index contributed by atoms with van der Waals surface area (Å²) >= 11 is 1.81. The lowest BCUT2D eigenvalue weighted by Gasteiger charge is -2.12. The molecule has 0 bridgehead atoms. The fourth-order valence-electron chi connectivity index (χ4n) is 1.67. The van der Waals surface area contributed by atoms with Crippen LogP contribution in [-0.4, -0.2) is 0 Å². The second kappa shape index (κ2) is 4.62. The number of benzene rings is 1. The highest BCUT2D eigenvalue weighted by atomic mass is 32.2. The quantitative estimate of drug-likeness (QED) is 0.751. The van der Waals surface area contributed by atoms with Crippen LogP contribution in [0, 0.1) is 0 Å². The van der Waals surface area contributed by atoms with E-state index >= 15 is 0 Å². The molecular weight excluding hydrogens is 204 g/mol. The molecule has 0 atom stereocenters. The first-order valence-corrected chi connectivity index (χ1v) is 6.09. The summed E-state index contributed by atoms with van der Waals surface area (Å²) in [7, 11) is 0. The lowest BCUT2D eigenvalue weighted by atomic mass is 10.1. The van der Waals surface area contributed by atoms with Gasteiger partial charge in [0.05, 0.1) is 11.4 Å². The minimum Gasteiger partial charge on any atom is -0.397 e. The van der Waals surface area contributed by atoms with Crippen LogP contribution in [0.3, 0.4) is 0 Å². The molecule has 1 aliphatic rings. The molecule has 4 N–H and O–H groups in total. The Morgan fingerprint density at radius 2 is 1.93 bits per heavy atom. The van der Waals surface area contributed by atoms with Crippen LogP contribution in [0.15, 0.2) is 34.1 Å². The van der Waals surface area contributed by atoms with E-state index in [9.17, 15) is 0 Å². The molecule has 0 radical (unpaired) electrons. The first kappa shape index (κ1) is 10.4. The third-order valence-electron chi connectivity index (χ3n) is 2.56. The van der Waals surface area contributed by atoms with Gasteiger partial charge in [-0.2, -0.15) is 0 Å². The summed E-state index contributed by atoms with van der Waals surface area (Å²) in [5.41, 5.74) is 12.8. The molecule has 1 aliphatic carbocycles. The minimum absolute atomic E-state index is 0.664. The van der Waals surface area contributed by atoms with Crippen molar-refractivity contribution in [2.24, 2.45) is 0 Å². The Bertz CT molecular complexity index is 385. The molecule has 0 unspecified atom stereocenters. The van der Waals surface area contributed by atoms with Crippen LogP contribution in [0.5, 0.6) is 0 Å². The van der Waals surface area contributed by atoms with Crippen molar-refractivity contribution in [3.05, 3.63) is 29.2 Å². The maximum absolute atomic E-state index is 5.77. The second-order valence-electron chi connectivity index (χ2n) is 3.81. The number of hydrogen-bond donors (Lipinski definition) is 2. The Labute approximate surface area is 94.7 Å². The van der Waals surface area contributed by atoms with Gasteiger partial charge < -0.3 is 11.5 Å². The van der Waals surface area contributed by atoms with Gasteiger partial charge in [-0.1, -0.05) is 17.8 Å². The molecule has 0 aliphatic heterocycles. The van der Waals surface area contributed by atoms with E-state index in [4.69, 9.17) is 11.5 Å². The molecule has 1 aromatic rings. The molecule has 0 aromatic heterocycles. The lowest BCUT2D eigenvalue weighted by molar-refractivity contribution is 0.723. The van der Waals surface area contributed by atoms with Gasteiger partial charge in [0.2, 0.25) is 0 Å². The largest absolute Gasteiger partial charge is 0.397 e. The summed E-state index contributed by atoms with van der Waals surface area (Å²) in [5.74, 6) is 0. The van der Waals surface area contributed by atoms with Crippen LogP contribution < -0.4 is 11.5 Å². The first-order valence-electron chi connectivity index (χ1n) is 5.27. The zero-order valence-corrected chi connectivity index (χ0v) is 9.52. The van der Waals surface area contributed by atoms with Gasteiger partial charge in [0, 0.05) is 4.90 Å². The average molecular weight is 220 g/mol. The number of allylic oxidation sites excluding steroid dienone is 2. The number of nitrogen functional groups attached to an aromatic ring is 2. The van der Waals surface area contributed by atoms with E-state index in [1.807, 2.05) is 30.0 Å². The molecule has 0 saturated carbocycles. The average Bonchev–Trinajstić information content (AvgIpc) is 2.25. The summed E-state index contributed by atoms with van der Waals surface area (Å²) in [4.78, 5) is 2.65. The van der Waals surface area contributed by atoms with Crippen LogP contribution in [0.2, 0.25) is 0 Å². The normalized spacial score (nSPS) is 16.1. The fourth-order valence-corrected chi connectivity index (χ4v) is 2.74. The number of thioether (sulfide) groups is 1. The van der Waals surface area contributed by atoms with E-state index in [2.05, 4.69) is 6.08 Å². The summed E-state index contributed by atoms with van der Waals surface area (Å²) < 4.78 is 0. The van der Waals surface area contributed by atoms with Gasteiger partial charge in [0.15, 0.2) is 0 Å². The lowest BCUT2D eigenvalue weighted by Crippen LogP contribution is -1.94. The van der Waals surface area contributed by atoms with Crippen molar-refractivity contribution in [3.63, 3.8) is 0 Å². The standard InChI is InChI=1S/C12H16N2S/c13-11-7-6-10(8-12(11)14)15-9-4-2-1-3-5-9/h4,6-8H,1-3,5,13-14H2. The molecule has 0 fully saturated rings. The van der Waals surface area contributed by atoms with Crippen molar-refractivity contribution in [3.8, 4) is 0 Å². The fraction of sp³-hybridized carbons (Fsp3) is 0.333. The van der Waals surface area contributed by atoms with Gasteiger partial charge in [-0.05, 0) is 48.8 Å². The predicted octanol–water partition coefficient (Wildman–Crippen LogP) is 3.40. The topological polar surface area (TPSA) is 52.0 Å². The zero-order chi connectivity index (χ0) is 10.7. The number of anilines is 2. The highest BCUT2D eigenvalue weighted by Gasteiger charge is 2.06. The summed E-state index contributed by atoms with van der Waals surface area (Å²) in [6, 6.07) is 5.86. The molecule has 80 valence electrons. The third-order valence-corrected chi connectivity index (χ3v) is 3.68. The monoisotopic (exact) mass is 220 g/mol. The molecular formula is C12H16N2S. The van der Waals surface area contributed by atoms with E-state index in [0.717, 1.165) is 0 Å². The molecule has 3 heteroatoms. The Balaban J connectivity index is 2.10. The Morgan fingerprint density at radius 1 is 1.07 bits per heavy atom. The van der Waals surface area contributed by atoms with Gasteiger partial charge >= 0.3 is 0 Å². The van der Waals surface area contributed by atoms with Crippen LogP contribution in [0.4, 0.5) is 11.4 Å². The van der Waals surface area contributed by atoms with Crippen molar-refractivity contribution in [2.75, 3.05) is 11.5 Å². The highest BCUT2D eigenvalue weighted by Crippen LogP contribution is 2.35. The number of nitrogens with two attached hydrogens (primary N) is 2. The van der Waals surface area contributed by atoms with Crippen LogP contribution in [0.25, 0.3) is 0 Å². The Hall–Kier alpha value is -1.09. The molecule has 0 amide bonds. The van der Waals surface area contributed by atoms with Crippen molar-refractivity contribution in [1.29, 1.82) is 0 Å². The van der Waals surface area contributed by atoms with Crippen molar-refractivity contribution in [1.82, 2.24) is 0 Å². The maximum Gasteiger partial charge on any atom is 0.0559 e. The number of hydrogen-bond acceptors (Lipinski definition) is 3. The van der Waals surface area contributed by atoms with Gasteiger partial charge in [-0.25, -0.2) is 0 Å². The van der Waals surface area contributed by atoms with Crippen molar-refractivity contribution in [2.45, 2.75) is 30.6 Å². The third kappa shape index (κ3) is 2.69. The van der Waals surface area contributed by atoms with Crippen molar-refractivity contribution >= 4 is 23.1 Å². The van der Waals surface area contributed by atoms with Crippen LogP contribution in [-0.2, 0) is 0 Å². The highest BCUT2D eigenvalue weighted by molar-refractivity contribution is 8.03. The molecule has 0 saturated heterocycles. The minimum atomic E-state index is 0.664. The van der Waals surface area contributed by atoms with Crippen LogP contribution in [0.1, 0.15) is 25.7 Å². The predicted molar refractivity (Wildman–Crippen MR) is 67.7 cm³/mol. The molecule has 2 rings (SSSR count). The van der Waals surface area contributed by atoms with E-state index in [0.29, 0.717) is 11.4 Å². The molecule has 0 spiro atoms. The van der Waals surface area contributed by atoms with Crippen molar-refractivity contribution < 1.29 is 0 Å². The SMILES string of the molecule is Nc1ccc(SC2=CCCCC2)cc1N. The van der Waals surface area contributed by atoms with Crippen LogP contribution >= 0.6 is 11.8 Å². The van der Waals surface area contributed by atoms with E-state index in [1.54, 1.807) is 0 Å². The smallest absolute Gasteiger partial charge is 0.0559 e. The second-order valence-corrected chi connectivity index (χ2v) is 5.01. The first-order chi connectivity index (χ1) is 7.25. The Morgan fingerprint density at radius 3 is 2.60 bits per heavy atom. The maximum atomic E-state index is 5.77. The summed E-state index contributed by atoms with van der Waals surface area (Å²) in [5, 5.41) is 0. The van der Waals surface area contributed by atoms with E-state index in [-0.39, 0.29) is 0 Å². The van der Waals surface area contributed by atoms with Gasteiger partial charge in [-0.3, -0.25) is 0 Å². The zero-order valence-electron chi connectivity index (χ0n) is 8.70. The van der Waals surface area contributed by atoms with E-state index in [1.165, 1.54) is 35.5 Å². The molecule has 0 heterocycles. The number of rotatable bonds is 2. The summed E-state index contributed by atoms with van der Waals surface area (Å²) in [6.07, 6.45) is 7.39. The molecule has 1 aromatic carbocycles. The molecule has 15 heavy (non-hydrogen) atoms. The van der Waals surface area contributed by atoms with Gasteiger partial charge in [0.1, 0.15) is 0 Å². The van der Waals surface area contributed by atoms with E-state index < -0.39 is 0 Å². The molecule has 2 nitrogen and oxygen atoms in total. The van der Waals surface area contributed by atoms with Gasteiger partial charge in [-0.15, -0.1) is 0 Å². The van der Waals surface area contributed by atoms with Gasteiger partial charge in [0.25, 0.3) is 0 Å².